The van der Waals surface area contributed by atoms with Crippen LogP contribution in [0.2, 0.25) is 0 Å². The Kier molecular flexibility index (Phi) is 4.70. The molecular formula is C25H19N. The third kappa shape index (κ3) is 3.33. The maximum absolute atomic E-state index is 3.78. The van der Waals surface area contributed by atoms with Crippen LogP contribution in [0.3, 0.4) is 0 Å². The van der Waals surface area contributed by atoms with E-state index in [9.17, 15) is 0 Å². The fourth-order valence-electron chi connectivity index (χ4n) is 3.23. The Labute approximate surface area is 153 Å². The van der Waals surface area contributed by atoms with Gasteiger partial charge in [-0.1, -0.05) is 91.0 Å². The van der Waals surface area contributed by atoms with Gasteiger partial charge in [-0.25, -0.2) is 0 Å². The van der Waals surface area contributed by atoms with E-state index >= 15 is 0 Å². The van der Waals surface area contributed by atoms with Crippen molar-refractivity contribution in [2.24, 2.45) is 0 Å². The molecule has 0 unspecified atom stereocenters. The van der Waals surface area contributed by atoms with Gasteiger partial charge in [0, 0.05) is 12.4 Å². The van der Waals surface area contributed by atoms with Crippen LogP contribution in [0.25, 0.3) is 32.7 Å². The van der Waals surface area contributed by atoms with Crippen LogP contribution in [-0.2, 0) is 0 Å². The number of benzene rings is 4. The Hall–Kier alpha value is -3.45. The molecule has 1 nitrogen and oxygen atoms in total. The van der Waals surface area contributed by atoms with Crippen molar-refractivity contribution < 1.29 is 0 Å². The van der Waals surface area contributed by atoms with E-state index in [1.54, 1.807) is 12.4 Å². The molecule has 5 rings (SSSR count). The number of aromatic nitrogens is 1. The average Bonchev–Trinajstić information content (AvgIpc) is 2.75. The van der Waals surface area contributed by atoms with E-state index in [-0.39, 0.29) is 0 Å². The highest BCUT2D eigenvalue weighted by atomic mass is 14.6. The number of rotatable bonds is 1. The SMILES string of the molecule is c1ccc2c(-c3cccc4ccccc34)cccc2c1.c1ccncc1. The molecule has 0 bridgehead atoms. The molecule has 5 aromatic rings. The van der Waals surface area contributed by atoms with Crippen LogP contribution in [-0.4, -0.2) is 4.98 Å². The number of pyridine rings is 1. The zero-order chi connectivity index (χ0) is 17.6. The lowest BCUT2D eigenvalue weighted by atomic mass is 9.94. The highest BCUT2D eigenvalue weighted by molar-refractivity contribution is 6.05. The molecule has 0 aliphatic heterocycles. The first kappa shape index (κ1) is 16.0. The van der Waals surface area contributed by atoms with Crippen LogP contribution < -0.4 is 0 Å². The van der Waals surface area contributed by atoms with E-state index in [0.29, 0.717) is 0 Å². The molecule has 0 fully saturated rings. The summed E-state index contributed by atoms with van der Waals surface area (Å²) in [4.78, 5) is 3.78. The minimum Gasteiger partial charge on any atom is -0.265 e. The summed E-state index contributed by atoms with van der Waals surface area (Å²) in [6.07, 6.45) is 3.50. The van der Waals surface area contributed by atoms with Crippen molar-refractivity contribution in [2.75, 3.05) is 0 Å². The predicted molar refractivity (Wildman–Crippen MR) is 111 cm³/mol. The van der Waals surface area contributed by atoms with Crippen molar-refractivity contribution in [1.29, 1.82) is 0 Å². The van der Waals surface area contributed by atoms with Gasteiger partial charge in [-0.05, 0) is 44.8 Å². The summed E-state index contributed by atoms with van der Waals surface area (Å²) in [5, 5.41) is 5.20. The Morgan fingerprint density at radius 2 is 0.846 bits per heavy atom. The van der Waals surface area contributed by atoms with Crippen molar-refractivity contribution in [2.45, 2.75) is 0 Å². The number of hydrogen-bond donors (Lipinski definition) is 0. The van der Waals surface area contributed by atoms with Gasteiger partial charge in [0.15, 0.2) is 0 Å². The molecule has 124 valence electrons. The Morgan fingerprint density at radius 3 is 1.27 bits per heavy atom. The molecule has 0 saturated heterocycles. The van der Waals surface area contributed by atoms with Crippen LogP contribution in [0, 0.1) is 0 Å². The van der Waals surface area contributed by atoms with Gasteiger partial charge in [0.25, 0.3) is 0 Å². The summed E-state index contributed by atoms with van der Waals surface area (Å²) in [7, 11) is 0. The van der Waals surface area contributed by atoms with Crippen LogP contribution >= 0.6 is 0 Å². The summed E-state index contributed by atoms with van der Waals surface area (Å²) < 4.78 is 0. The molecule has 1 aromatic heterocycles. The van der Waals surface area contributed by atoms with E-state index < -0.39 is 0 Å². The first-order valence-corrected chi connectivity index (χ1v) is 8.74. The first-order chi connectivity index (χ1) is 12.9. The normalized spacial score (nSPS) is 10.3. The molecule has 4 aromatic carbocycles. The van der Waals surface area contributed by atoms with E-state index in [4.69, 9.17) is 0 Å². The number of nitrogens with zero attached hydrogens (tertiary/aromatic N) is 1. The number of hydrogen-bond acceptors (Lipinski definition) is 1. The molecule has 0 aliphatic rings. The van der Waals surface area contributed by atoms with Crippen molar-refractivity contribution >= 4 is 21.5 Å². The number of fused-ring (bicyclic) bond motifs is 2. The fraction of sp³-hybridized carbons (Fsp3) is 0. The summed E-state index contributed by atoms with van der Waals surface area (Å²) in [6, 6.07) is 35.9. The second kappa shape index (κ2) is 7.62. The zero-order valence-corrected chi connectivity index (χ0v) is 14.4. The predicted octanol–water partition coefficient (Wildman–Crippen LogP) is 6.74. The Balaban J connectivity index is 0.000000240. The first-order valence-electron chi connectivity index (χ1n) is 8.74. The van der Waals surface area contributed by atoms with E-state index in [0.717, 1.165) is 0 Å². The lowest BCUT2D eigenvalue weighted by Crippen LogP contribution is -1.83. The highest BCUT2D eigenvalue weighted by Gasteiger charge is 2.06. The van der Waals surface area contributed by atoms with Gasteiger partial charge < -0.3 is 0 Å². The van der Waals surface area contributed by atoms with Crippen molar-refractivity contribution in [1.82, 2.24) is 4.98 Å². The Bertz CT molecular complexity index is 1020. The second-order valence-corrected chi connectivity index (χ2v) is 6.08. The third-order valence-electron chi connectivity index (χ3n) is 4.44. The summed E-state index contributed by atoms with van der Waals surface area (Å²) >= 11 is 0. The monoisotopic (exact) mass is 333 g/mol. The molecule has 0 aliphatic carbocycles. The maximum atomic E-state index is 3.78. The van der Waals surface area contributed by atoms with Gasteiger partial charge in [0.05, 0.1) is 0 Å². The van der Waals surface area contributed by atoms with E-state index in [1.807, 2.05) is 18.2 Å². The van der Waals surface area contributed by atoms with Crippen LogP contribution in [0.5, 0.6) is 0 Å². The molecule has 0 radical (unpaired) electrons. The molecule has 0 saturated carbocycles. The van der Waals surface area contributed by atoms with Gasteiger partial charge in [-0.3, -0.25) is 4.98 Å². The second-order valence-electron chi connectivity index (χ2n) is 6.08. The molecule has 1 heterocycles. The van der Waals surface area contributed by atoms with E-state index in [1.165, 1.54) is 32.7 Å². The maximum Gasteiger partial charge on any atom is 0.0267 e. The standard InChI is InChI=1S/C20H14.C5H5N/c1-3-11-17-15(7-1)9-5-13-19(17)20-14-6-10-16-8-2-4-12-18(16)20;1-2-4-6-5-3-1/h1-14H;1-5H. The summed E-state index contributed by atoms with van der Waals surface area (Å²) in [5.41, 5.74) is 2.61. The van der Waals surface area contributed by atoms with Gasteiger partial charge in [0.2, 0.25) is 0 Å². The third-order valence-corrected chi connectivity index (χ3v) is 4.44. The summed E-state index contributed by atoms with van der Waals surface area (Å²) in [6.45, 7) is 0. The van der Waals surface area contributed by atoms with Crippen LogP contribution in [0.4, 0.5) is 0 Å². The molecule has 0 spiro atoms. The zero-order valence-electron chi connectivity index (χ0n) is 14.4. The minimum absolute atomic E-state index is 1.29. The lowest BCUT2D eigenvalue weighted by Gasteiger charge is -2.10. The molecule has 0 amide bonds. The van der Waals surface area contributed by atoms with Crippen molar-refractivity contribution in [3.8, 4) is 11.1 Å². The van der Waals surface area contributed by atoms with Crippen molar-refractivity contribution in [3.63, 3.8) is 0 Å². The Morgan fingerprint density at radius 1 is 0.385 bits per heavy atom. The van der Waals surface area contributed by atoms with Gasteiger partial charge in [-0.2, -0.15) is 0 Å². The molecule has 0 N–H and O–H groups in total. The average molecular weight is 333 g/mol. The van der Waals surface area contributed by atoms with Crippen LogP contribution in [0.15, 0.2) is 116 Å². The highest BCUT2D eigenvalue weighted by Crippen LogP contribution is 2.33. The molecule has 26 heavy (non-hydrogen) atoms. The minimum atomic E-state index is 1.29. The molecular weight excluding hydrogens is 314 g/mol. The van der Waals surface area contributed by atoms with Crippen molar-refractivity contribution in [3.05, 3.63) is 116 Å². The molecule has 0 atom stereocenters. The fourth-order valence-corrected chi connectivity index (χ4v) is 3.23. The lowest BCUT2D eigenvalue weighted by molar-refractivity contribution is 1.33. The van der Waals surface area contributed by atoms with Gasteiger partial charge in [0.1, 0.15) is 0 Å². The summed E-state index contributed by atoms with van der Waals surface area (Å²) in [5.74, 6) is 0. The largest absolute Gasteiger partial charge is 0.265 e. The van der Waals surface area contributed by atoms with Gasteiger partial charge >= 0.3 is 0 Å². The quantitative estimate of drug-likeness (QED) is 0.331. The molecule has 1 heteroatoms. The van der Waals surface area contributed by atoms with Crippen LogP contribution in [0.1, 0.15) is 0 Å². The van der Waals surface area contributed by atoms with E-state index in [2.05, 4.69) is 89.9 Å². The van der Waals surface area contributed by atoms with Gasteiger partial charge in [-0.15, -0.1) is 0 Å². The topological polar surface area (TPSA) is 12.9 Å². The smallest absolute Gasteiger partial charge is 0.0267 e.